The number of aromatic nitrogens is 5. The molecule has 1 aliphatic rings. The summed E-state index contributed by atoms with van der Waals surface area (Å²) in [7, 11) is 1.90. The van der Waals surface area contributed by atoms with Crippen LogP contribution in [0.4, 0.5) is 17.5 Å². The quantitative estimate of drug-likeness (QED) is 0.438. The van der Waals surface area contributed by atoms with E-state index >= 15 is 0 Å². The molecule has 2 N–H and O–H groups in total. The third kappa shape index (κ3) is 4.17. The van der Waals surface area contributed by atoms with Gasteiger partial charge in [0, 0.05) is 42.9 Å². The highest BCUT2D eigenvalue weighted by Gasteiger charge is 2.25. The molecule has 0 amide bonds. The molecule has 0 spiro atoms. The smallest absolute Gasteiger partial charge is 0.354 e. The second-order valence-electron chi connectivity index (χ2n) is 7.88. The van der Waals surface area contributed by atoms with Gasteiger partial charge >= 0.3 is 5.97 Å². The molecule has 5 rings (SSSR count). The lowest BCUT2D eigenvalue weighted by Gasteiger charge is -2.28. The van der Waals surface area contributed by atoms with Crippen LogP contribution in [0.15, 0.2) is 55.0 Å². The summed E-state index contributed by atoms with van der Waals surface area (Å²) in [4.78, 5) is 23.6. The number of esters is 1. The first-order valence-corrected chi connectivity index (χ1v) is 10.9. The lowest BCUT2D eigenvalue weighted by molar-refractivity contribution is 0.0515. The Morgan fingerprint density at radius 3 is 2.82 bits per heavy atom. The van der Waals surface area contributed by atoms with E-state index in [2.05, 4.69) is 25.4 Å². The molecule has 4 heterocycles. The van der Waals surface area contributed by atoms with Crippen molar-refractivity contribution in [2.75, 3.05) is 23.4 Å². The molecule has 0 bridgehead atoms. The van der Waals surface area contributed by atoms with Gasteiger partial charge in [-0.2, -0.15) is 10.1 Å². The van der Waals surface area contributed by atoms with E-state index in [9.17, 15) is 4.79 Å². The molecular weight excluding hydrogens is 418 g/mol. The Morgan fingerprint density at radius 1 is 1.21 bits per heavy atom. The Hall–Kier alpha value is -4.14. The average Bonchev–Trinajstić information content (AvgIpc) is 3.48. The Labute approximate surface area is 191 Å². The standard InChI is InChI=1S/C24H25N7O2/c1-3-33-23(32)20-12-17-9-11-31(15-21(17)30(20)2)24-25-10-8-22(29-24)28-19-6-4-16(5-7-19)18-13-26-27-14-18/h4-8,10,12-14H,3,9,11,15H2,1-2H3,(H,26,27)(H,25,28,29). The van der Waals surface area contributed by atoms with Crippen LogP contribution in [-0.4, -0.2) is 43.9 Å². The lowest BCUT2D eigenvalue weighted by Crippen LogP contribution is -2.32. The normalized spacial score (nSPS) is 13.0. The van der Waals surface area contributed by atoms with E-state index in [1.807, 2.05) is 61.1 Å². The second-order valence-corrected chi connectivity index (χ2v) is 7.88. The summed E-state index contributed by atoms with van der Waals surface area (Å²) in [5.41, 5.74) is 5.91. The summed E-state index contributed by atoms with van der Waals surface area (Å²) in [6.45, 7) is 3.59. The fraction of sp³-hybridized carbons (Fsp3) is 0.250. The van der Waals surface area contributed by atoms with Crippen molar-refractivity contribution in [1.29, 1.82) is 0 Å². The summed E-state index contributed by atoms with van der Waals surface area (Å²) < 4.78 is 7.11. The van der Waals surface area contributed by atoms with E-state index in [-0.39, 0.29) is 5.97 Å². The largest absolute Gasteiger partial charge is 0.461 e. The average molecular weight is 444 g/mol. The molecule has 0 aliphatic carbocycles. The van der Waals surface area contributed by atoms with Crippen LogP contribution in [0.25, 0.3) is 11.1 Å². The van der Waals surface area contributed by atoms with Crippen molar-refractivity contribution in [2.45, 2.75) is 19.9 Å². The summed E-state index contributed by atoms with van der Waals surface area (Å²) in [5.74, 6) is 1.09. The third-order valence-electron chi connectivity index (χ3n) is 5.84. The Bertz CT molecular complexity index is 1260. The van der Waals surface area contributed by atoms with Crippen LogP contribution in [0, 0.1) is 0 Å². The van der Waals surface area contributed by atoms with Gasteiger partial charge in [0.25, 0.3) is 0 Å². The summed E-state index contributed by atoms with van der Waals surface area (Å²) in [5, 5.41) is 10.2. The van der Waals surface area contributed by atoms with Crippen molar-refractivity contribution in [3.63, 3.8) is 0 Å². The van der Waals surface area contributed by atoms with Crippen LogP contribution in [0.5, 0.6) is 0 Å². The molecule has 0 saturated heterocycles. The van der Waals surface area contributed by atoms with Crippen LogP contribution in [-0.2, 0) is 24.8 Å². The van der Waals surface area contributed by atoms with Gasteiger partial charge in [0.1, 0.15) is 11.5 Å². The maximum absolute atomic E-state index is 12.2. The van der Waals surface area contributed by atoms with Crippen molar-refractivity contribution < 1.29 is 9.53 Å². The van der Waals surface area contributed by atoms with Gasteiger partial charge in [-0.15, -0.1) is 0 Å². The van der Waals surface area contributed by atoms with Gasteiger partial charge in [-0.25, -0.2) is 9.78 Å². The minimum Gasteiger partial charge on any atom is -0.461 e. The van der Waals surface area contributed by atoms with Crippen molar-refractivity contribution in [2.24, 2.45) is 7.05 Å². The molecule has 9 nitrogen and oxygen atoms in total. The Morgan fingerprint density at radius 2 is 2.06 bits per heavy atom. The number of carbonyl (C=O) groups is 1. The number of ether oxygens (including phenoxy) is 1. The number of nitrogens with zero attached hydrogens (tertiary/aromatic N) is 5. The second kappa shape index (κ2) is 8.78. The Kier molecular flexibility index (Phi) is 5.52. The number of hydrogen-bond donors (Lipinski definition) is 2. The van der Waals surface area contributed by atoms with Crippen LogP contribution in [0.2, 0.25) is 0 Å². The summed E-state index contributed by atoms with van der Waals surface area (Å²) in [6.07, 6.45) is 6.24. The van der Waals surface area contributed by atoms with Crippen LogP contribution >= 0.6 is 0 Å². The first-order valence-electron chi connectivity index (χ1n) is 10.9. The van der Waals surface area contributed by atoms with Crippen LogP contribution in [0.1, 0.15) is 28.7 Å². The topological polar surface area (TPSA) is 101 Å². The van der Waals surface area contributed by atoms with E-state index in [1.165, 1.54) is 5.56 Å². The van der Waals surface area contributed by atoms with Crippen LogP contribution < -0.4 is 10.2 Å². The van der Waals surface area contributed by atoms with Gasteiger partial charge in [-0.3, -0.25) is 5.10 Å². The maximum atomic E-state index is 12.2. The fourth-order valence-electron chi connectivity index (χ4n) is 4.09. The van der Waals surface area contributed by atoms with E-state index in [4.69, 9.17) is 9.72 Å². The number of benzene rings is 1. The minimum absolute atomic E-state index is 0.290. The molecule has 33 heavy (non-hydrogen) atoms. The molecule has 3 aromatic heterocycles. The summed E-state index contributed by atoms with van der Waals surface area (Å²) in [6, 6.07) is 11.9. The van der Waals surface area contributed by atoms with Gasteiger partial charge in [0.15, 0.2) is 0 Å². The van der Waals surface area contributed by atoms with E-state index in [0.717, 1.165) is 41.3 Å². The molecule has 0 fully saturated rings. The molecule has 1 aliphatic heterocycles. The third-order valence-corrected chi connectivity index (χ3v) is 5.84. The molecule has 4 aromatic rings. The van der Waals surface area contributed by atoms with Crippen molar-refractivity contribution >= 4 is 23.4 Å². The highest BCUT2D eigenvalue weighted by molar-refractivity contribution is 5.88. The highest BCUT2D eigenvalue weighted by Crippen LogP contribution is 2.27. The number of fused-ring (bicyclic) bond motifs is 1. The Balaban J connectivity index is 1.31. The van der Waals surface area contributed by atoms with Gasteiger partial charge in [0.2, 0.25) is 5.95 Å². The SMILES string of the molecule is CCOC(=O)c1cc2c(n1C)CN(c1nccc(Nc3ccc(-c4cn[nH]c4)cc3)n1)CC2. The zero-order chi connectivity index (χ0) is 22.8. The predicted molar refractivity (Wildman–Crippen MR) is 125 cm³/mol. The number of aromatic amines is 1. The first-order chi connectivity index (χ1) is 16.1. The first kappa shape index (κ1) is 20.7. The predicted octanol–water partition coefficient (Wildman–Crippen LogP) is 3.69. The lowest BCUT2D eigenvalue weighted by atomic mass is 10.1. The number of anilines is 3. The molecule has 0 atom stereocenters. The monoisotopic (exact) mass is 443 g/mol. The highest BCUT2D eigenvalue weighted by atomic mass is 16.5. The number of hydrogen-bond acceptors (Lipinski definition) is 7. The molecule has 0 saturated carbocycles. The van der Waals surface area contributed by atoms with Gasteiger partial charge in [-0.1, -0.05) is 12.1 Å². The van der Waals surface area contributed by atoms with Crippen molar-refractivity contribution in [1.82, 2.24) is 24.7 Å². The number of carbonyl (C=O) groups excluding carboxylic acids is 1. The van der Waals surface area contributed by atoms with Crippen molar-refractivity contribution in [3.8, 4) is 11.1 Å². The molecule has 1 aromatic carbocycles. The molecule has 0 unspecified atom stereocenters. The fourth-order valence-corrected chi connectivity index (χ4v) is 4.09. The zero-order valence-corrected chi connectivity index (χ0v) is 18.6. The molecule has 0 radical (unpaired) electrons. The minimum atomic E-state index is -0.290. The summed E-state index contributed by atoms with van der Waals surface area (Å²) >= 11 is 0. The number of H-pyrrole nitrogens is 1. The van der Waals surface area contributed by atoms with Crippen molar-refractivity contribution in [3.05, 3.63) is 71.9 Å². The van der Waals surface area contributed by atoms with E-state index in [1.54, 1.807) is 12.4 Å². The number of nitrogens with one attached hydrogen (secondary N) is 2. The van der Waals surface area contributed by atoms with Gasteiger partial charge < -0.3 is 19.5 Å². The molecule has 9 heteroatoms. The van der Waals surface area contributed by atoms with Crippen LogP contribution in [0.3, 0.4) is 0 Å². The number of rotatable bonds is 6. The van der Waals surface area contributed by atoms with E-state index < -0.39 is 0 Å². The molecule has 168 valence electrons. The maximum Gasteiger partial charge on any atom is 0.354 e. The zero-order valence-electron chi connectivity index (χ0n) is 18.6. The molecular formula is C24H25N7O2. The van der Waals surface area contributed by atoms with Gasteiger partial charge in [0.05, 0.1) is 19.3 Å². The van der Waals surface area contributed by atoms with E-state index in [0.29, 0.717) is 24.8 Å². The van der Waals surface area contributed by atoms with Gasteiger partial charge in [-0.05, 0) is 48.7 Å².